The molecule has 37 heavy (non-hydrogen) atoms. The van der Waals surface area contributed by atoms with Crippen molar-refractivity contribution in [2.24, 2.45) is 0 Å². The molecule has 0 bridgehead atoms. The van der Waals surface area contributed by atoms with Gasteiger partial charge in [0.25, 0.3) is 0 Å². The van der Waals surface area contributed by atoms with E-state index in [9.17, 15) is 8.42 Å². The predicted octanol–water partition coefficient (Wildman–Crippen LogP) is 3.94. The Morgan fingerprint density at radius 2 is 1.81 bits per heavy atom. The highest BCUT2D eigenvalue weighted by Gasteiger charge is 2.33. The van der Waals surface area contributed by atoms with Crippen LogP contribution in [-0.4, -0.2) is 55.7 Å². The summed E-state index contributed by atoms with van der Waals surface area (Å²) in [7, 11) is -2.46. The number of anilines is 1. The van der Waals surface area contributed by atoms with Gasteiger partial charge in [0, 0.05) is 29.9 Å². The van der Waals surface area contributed by atoms with E-state index in [2.05, 4.69) is 35.0 Å². The third-order valence-electron chi connectivity index (χ3n) is 6.23. The number of methoxy groups -OCH3 is 1. The molecule has 4 aromatic rings. The zero-order chi connectivity index (χ0) is 26.9. The maximum absolute atomic E-state index is 13.5. The van der Waals surface area contributed by atoms with Gasteiger partial charge in [-0.25, -0.2) is 23.4 Å². The number of hydrogen-bond donors (Lipinski definition) is 1. The Morgan fingerprint density at radius 1 is 1.11 bits per heavy atom. The Morgan fingerprint density at radius 3 is 2.43 bits per heavy atom. The molecule has 3 unspecified atom stereocenters. The van der Waals surface area contributed by atoms with Crippen LogP contribution in [0, 0.1) is 13.8 Å². The van der Waals surface area contributed by atoms with Gasteiger partial charge in [0.1, 0.15) is 17.3 Å². The Kier molecular flexibility index (Phi) is 7.46. The molecule has 14 heteroatoms. The molecular weight excluding hydrogens is 520 g/mol. The lowest BCUT2D eigenvalue weighted by atomic mass is 10.1. The first-order valence-electron chi connectivity index (χ1n) is 11.4. The number of hydrogen-bond acceptors (Lipinski definition) is 10. The Bertz CT molecular complexity index is 1480. The van der Waals surface area contributed by atoms with E-state index in [1.807, 2.05) is 13.8 Å². The van der Waals surface area contributed by atoms with Crippen LogP contribution in [0.15, 0.2) is 35.1 Å². The van der Waals surface area contributed by atoms with Crippen molar-refractivity contribution in [3.05, 3.63) is 58.5 Å². The van der Waals surface area contributed by atoms with Crippen LogP contribution >= 0.6 is 11.6 Å². The molecule has 0 radical (unpaired) electrons. The molecule has 1 N–H and O–H groups in total. The number of ether oxygens (including phenoxy) is 1. The number of pyridine rings is 1. The van der Waals surface area contributed by atoms with Crippen molar-refractivity contribution in [3.63, 3.8) is 0 Å². The minimum atomic E-state index is -3.97. The van der Waals surface area contributed by atoms with Crippen LogP contribution in [0.3, 0.4) is 0 Å². The third kappa shape index (κ3) is 5.27. The van der Waals surface area contributed by atoms with Crippen molar-refractivity contribution in [1.29, 1.82) is 0 Å². The smallest absolute Gasteiger partial charge is 0.239 e. The monoisotopic (exact) mass is 546 g/mol. The molecule has 0 spiro atoms. The Balaban J connectivity index is 1.77. The number of aryl methyl sites for hydroxylation is 2. The van der Waals surface area contributed by atoms with E-state index >= 15 is 0 Å². The van der Waals surface area contributed by atoms with Crippen molar-refractivity contribution in [2.75, 3.05) is 11.8 Å². The molecule has 0 saturated heterocycles. The van der Waals surface area contributed by atoms with E-state index in [-0.39, 0.29) is 5.95 Å². The molecule has 0 aliphatic carbocycles. The molecule has 4 aromatic heterocycles. The maximum atomic E-state index is 13.5. The summed E-state index contributed by atoms with van der Waals surface area (Å²) >= 11 is 5.88. The average molecular weight is 547 g/mol. The van der Waals surface area contributed by atoms with Crippen LogP contribution in [0.1, 0.15) is 55.6 Å². The van der Waals surface area contributed by atoms with E-state index in [0.717, 1.165) is 5.56 Å². The molecule has 3 atom stereocenters. The molecule has 4 rings (SSSR count). The van der Waals surface area contributed by atoms with E-state index in [0.29, 0.717) is 39.7 Å². The van der Waals surface area contributed by atoms with Crippen LogP contribution in [0.2, 0.25) is 5.02 Å². The Hall–Kier alpha value is -3.58. The minimum absolute atomic E-state index is 0.0168. The van der Waals surface area contributed by atoms with Crippen molar-refractivity contribution >= 4 is 27.6 Å². The van der Waals surface area contributed by atoms with Crippen LogP contribution in [-0.2, 0) is 10.0 Å². The van der Waals surface area contributed by atoms with Crippen molar-refractivity contribution in [1.82, 2.24) is 34.9 Å². The second kappa shape index (κ2) is 10.4. The summed E-state index contributed by atoms with van der Waals surface area (Å²) in [5.41, 5.74) is 1.89. The van der Waals surface area contributed by atoms with Crippen LogP contribution in [0.5, 0.6) is 5.88 Å². The molecular formula is C23H27ClN8O4S. The molecule has 0 fully saturated rings. The molecule has 0 aliphatic heterocycles. The highest BCUT2D eigenvalue weighted by atomic mass is 35.5. The first kappa shape index (κ1) is 26.5. The average Bonchev–Trinajstić information content (AvgIpc) is 3.45. The van der Waals surface area contributed by atoms with Crippen LogP contribution in [0.4, 0.5) is 5.95 Å². The molecule has 0 amide bonds. The lowest BCUT2D eigenvalue weighted by Crippen LogP contribution is -2.32. The number of nitrogens with one attached hydrogen (secondary N) is 1. The number of aromatic nitrogens is 7. The van der Waals surface area contributed by atoms with Gasteiger partial charge in [-0.05, 0) is 33.8 Å². The zero-order valence-electron chi connectivity index (χ0n) is 21.2. The summed E-state index contributed by atoms with van der Waals surface area (Å²) in [4.78, 5) is 12.8. The minimum Gasteiger partial charge on any atom is -0.481 e. The first-order chi connectivity index (χ1) is 17.5. The predicted molar refractivity (Wildman–Crippen MR) is 137 cm³/mol. The lowest BCUT2D eigenvalue weighted by Gasteiger charge is -2.22. The van der Waals surface area contributed by atoms with Crippen LogP contribution < -0.4 is 9.46 Å². The van der Waals surface area contributed by atoms with Gasteiger partial charge in [-0.1, -0.05) is 29.7 Å². The fraction of sp³-hybridized carbons (Fsp3) is 0.391. The number of halogens is 1. The first-order valence-corrected chi connectivity index (χ1v) is 13.3. The molecule has 4 heterocycles. The van der Waals surface area contributed by atoms with Crippen LogP contribution in [0.25, 0.3) is 11.5 Å². The van der Waals surface area contributed by atoms with Gasteiger partial charge in [-0.3, -0.25) is 9.29 Å². The summed E-state index contributed by atoms with van der Waals surface area (Å²) in [6.45, 7) is 8.80. The number of nitrogens with zero attached hydrogens (tertiary/aromatic N) is 7. The van der Waals surface area contributed by atoms with E-state index in [1.54, 1.807) is 43.5 Å². The van der Waals surface area contributed by atoms with Gasteiger partial charge in [0.2, 0.25) is 21.9 Å². The van der Waals surface area contributed by atoms with Gasteiger partial charge < -0.3 is 9.26 Å². The summed E-state index contributed by atoms with van der Waals surface area (Å²) in [6.07, 6.45) is 2.87. The van der Waals surface area contributed by atoms with E-state index in [4.69, 9.17) is 20.9 Å². The second-order valence-electron chi connectivity index (χ2n) is 8.60. The van der Waals surface area contributed by atoms with Gasteiger partial charge in [-0.2, -0.15) is 0 Å². The summed E-state index contributed by atoms with van der Waals surface area (Å²) in [5.74, 6) is 1.15. The van der Waals surface area contributed by atoms with Crippen molar-refractivity contribution < 1.29 is 17.7 Å². The van der Waals surface area contributed by atoms with Gasteiger partial charge in [0.15, 0.2) is 5.82 Å². The molecule has 12 nitrogen and oxygen atoms in total. The number of sulfonamides is 1. The maximum Gasteiger partial charge on any atom is 0.239 e. The molecule has 0 aromatic carbocycles. The standard InChI is InChI=1S/C23H27ClN8O4S/c1-12(21-25-10-17(24)11-26-21)16(5)37(33,34)31-23-29-28-22(18-8-7-9-19(27-18)35-6)32(23)14(3)20-13(2)30-36-15(20)4/h7-12,14,16H,1-6H3,(H,29,31). The topological polar surface area (TPSA) is 151 Å². The molecule has 0 saturated carbocycles. The SMILES string of the molecule is COc1cccc(-c2nnc(NS(=O)(=O)C(C)C(C)c3ncc(Cl)cn3)n2C(C)c2c(C)noc2C)n1. The second-order valence-corrected chi connectivity index (χ2v) is 11.1. The quantitative estimate of drug-likeness (QED) is 0.327. The molecule has 0 aliphatic rings. The van der Waals surface area contributed by atoms with Gasteiger partial charge in [0.05, 0.1) is 29.1 Å². The summed E-state index contributed by atoms with van der Waals surface area (Å²) in [5, 5.41) is 12.0. The summed E-state index contributed by atoms with van der Waals surface area (Å²) in [6, 6.07) is 4.76. The lowest BCUT2D eigenvalue weighted by molar-refractivity contribution is 0.391. The normalized spacial score (nSPS) is 14.2. The van der Waals surface area contributed by atoms with Crippen molar-refractivity contribution in [2.45, 2.75) is 51.8 Å². The van der Waals surface area contributed by atoms with Crippen molar-refractivity contribution in [3.8, 4) is 17.4 Å². The summed E-state index contributed by atoms with van der Waals surface area (Å²) < 4.78 is 41.9. The fourth-order valence-corrected chi connectivity index (χ4v) is 5.36. The van der Waals surface area contributed by atoms with Gasteiger partial charge >= 0.3 is 0 Å². The van der Waals surface area contributed by atoms with E-state index < -0.39 is 27.2 Å². The fourth-order valence-electron chi connectivity index (χ4n) is 4.03. The van der Waals surface area contributed by atoms with Gasteiger partial charge in [-0.15, -0.1) is 10.2 Å². The molecule has 196 valence electrons. The number of rotatable bonds is 9. The highest BCUT2D eigenvalue weighted by Crippen LogP contribution is 2.33. The highest BCUT2D eigenvalue weighted by molar-refractivity contribution is 7.93. The Labute approximate surface area is 219 Å². The third-order valence-corrected chi connectivity index (χ3v) is 8.28. The zero-order valence-corrected chi connectivity index (χ0v) is 22.7. The van der Waals surface area contributed by atoms with E-state index in [1.165, 1.54) is 19.5 Å². The largest absolute Gasteiger partial charge is 0.481 e.